The van der Waals surface area contributed by atoms with Gasteiger partial charge in [-0.15, -0.1) is 12.4 Å². The molecule has 1 aliphatic heterocycles. The van der Waals surface area contributed by atoms with Gasteiger partial charge in [0.2, 0.25) is 0 Å². The quantitative estimate of drug-likeness (QED) is 0.744. The molecule has 0 saturated carbocycles. The fourth-order valence-corrected chi connectivity index (χ4v) is 1.51. The zero-order valence-electron chi connectivity index (χ0n) is 7.73. The van der Waals surface area contributed by atoms with E-state index in [2.05, 4.69) is 41.6 Å². The van der Waals surface area contributed by atoms with Crippen LogP contribution < -0.4 is 10.4 Å². The van der Waals surface area contributed by atoms with Crippen molar-refractivity contribution in [2.24, 2.45) is 5.92 Å². The number of hydrogen-bond acceptors (Lipinski definition) is 2. The van der Waals surface area contributed by atoms with E-state index in [4.69, 9.17) is 0 Å². The average molecular weight is 199 g/mol. The summed E-state index contributed by atoms with van der Waals surface area (Å²) in [5.74, 6) is 0.755. The van der Waals surface area contributed by atoms with Gasteiger partial charge in [0.25, 0.3) is 0 Å². The maximum atomic E-state index is 3.36. The molecule has 1 atom stereocenters. The number of benzene rings is 1. The van der Waals surface area contributed by atoms with Gasteiger partial charge in [-0.3, -0.25) is 0 Å². The molecule has 0 aromatic heterocycles. The Kier molecular flexibility index (Phi) is 3.58. The summed E-state index contributed by atoms with van der Waals surface area (Å²) >= 11 is 0. The summed E-state index contributed by atoms with van der Waals surface area (Å²) in [5, 5.41) is 2.21. The van der Waals surface area contributed by atoms with Crippen LogP contribution in [0.5, 0.6) is 0 Å². The molecule has 0 bridgehead atoms. The van der Waals surface area contributed by atoms with Gasteiger partial charge >= 0.3 is 0 Å². The Bertz CT molecular complexity index is 250. The highest BCUT2D eigenvalue weighted by Gasteiger charge is 2.17. The Balaban J connectivity index is 0.000000845. The molecule has 0 spiro atoms. The number of nitrogens with zero attached hydrogens (tertiary/aromatic N) is 1. The molecule has 1 aliphatic rings. The van der Waals surface area contributed by atoms with Gasteiger partial charge in [0.05, 0.1) is 5.69 Å². The first-order chi connectivity index (χ1) is 5.86. The van der Waals surface area contributed by atoms with Crippen molar-refractivity contribution in [3.8, 4) is 0 Å². The van der Waals surface area contributed by atoms with E-state index < -0.39 is 0 Å². The number of anilines is 1. The van der Waals surface area contributed by atoms with E-state index in [-0.39, 0.29) is 12.4 Å². The topological polar surface area (TPSA) is 15.3 Å². The molecular formula is C10H15ClN2. The van der Waals surface area contributed by atoms with E-state index >= 15 is 0 Å². The van der Waals surface area contributed by atoms with Crippen LogP contribution in [0.4, 0.5) is 5.69 Å². The Morgan fingerprint density at radius 3 is 2.54 bits per heavy atom. The third-order valence-corrected chi connectivity index (χ3v) is 2.19. The van der Waals surface area contributed by atoms with Crippen LogP contribution >= 0.6 is 12.4 Å². The minimum absolute atomic E-state index is 0. The molecule has 1 aromatic carbocycles. The van der Waals surface area contributed by atoms with Crippen LogP contribution in [0.15, 0.2) is 30.3 Å². The Hall–Kier alpha value is -0.730. The van der Waals surface area contributed by atoms with Crippen molar-refractivity contribution < 1.29 is 0 Å². The van der Waals surface area contributed by atoms with Gasteiger partial charge in [-0.25, -0.2) is 5.43 Å². The predicted octanol–water partition coefficient (Wildman–Crippen LogP) is 2.07. The second-order valence-electron chi connectivity index (χ2n) is 3.41. The van der Waals surface area contributed by atoms with Crippen molar-refractivity contribution >= 4 is 18.1 Å². The van der Waals surface area contributed by atoms with Crippen molar-refractivity contribution in [3.63, 3.8) is 0 Å². The average Bonchev–Trinajstić information content (AvgIpc) is 2.54. The predicted molar refractivity (Wildman–Crippen MR) is 58.2 cm³/mol. The fourth-order valence-electron chi connectivity index (χ4n) is 1.51. The monoisotopic (exact) mass is 198 g/mol. The fraction of sp³-hybridized carbons (Fsp3) is 0.400. The van der Waals surface area contributed by atoms with E-state index in [0.717, 1.165) is 19.0 Å². The van der Waals surface area contributed by atoms with Gasteiger partial charge in [0, 0.05) is 13.1 Å². The van der Waals surface area contributed by atoms with Crippen molar-refractivity contribution in [2.45, 2.75) is 6.92 Å². The van der Waals surface area contributed by atoms with Crippen LogP contribution in [0.3, 0.4) is 0 Å². The SMILES string of the molecule is CC1CNN(c2ccccc2)C1.Cl. The largest absolute Gasteiger partial charge is 0.308 e. The number of hydrazine groups is 1. The van der Waals surface area contributed by atoms with Crippen LogP contribution in [0.2, 0.25) is 0 Å². The molecule has 1 saturated heterocycles. The summed E-state index contributed by atoms with van der Waals surface area (Å²) in [6.45, 7) is 4.47. The lowest BCUT2D eigenvalue weighted by molar-refractivity contribution is 0.685. The smallest absolute Gasteiger partial charge is 0.0519 e. The van der Waals surface area contributed by atoms with Crippen LogP contribution in [0, 0.1) is 5.92 Å². The molecule has 1 fully saturated rings. The maximum absolute atomic E-state index is 3.36. The number of hydrogen-bond donors (Lipinski definition) is 1. The third-order valence-electron chi connectivity index (χ3n) is 2.19. The molecule has 72 valence electrons. The maximum Gasteiger partial charge on any atom is 0.0519 e. The first-order valence-corrected chi connectivity index (χ1v) is 4.42. The summed E-state index contributed by atoms with van der Waals surface area (Å²) in [4.78, 5) is 0. The summed E-state index contributed by atoms with van der Waals surface area (Å²) in [7, 11) is 0. The van der Waals surface area contributed by atoms with E-state index in [1.165, 1.54) is 5.69 Å². The lowest BCUT2D eigenvalue weighted by Gasteiger charge is -2.17. The first kappa shape index (κ1) is 10.4. The number of halogens is 1. The third kappa shape index (κ3) is 2.36. The molecule has 0 aliphatic carbocycles. The summed E-state index contributed by atoms with van der Waals surface area (Å²) < 4.78 is 0. The van der Waals surface area contributed by atoms with Crippen LogP contribution in [-0.4, -0.2) is 13.1 Å². The summed E-state index contributed by atoms with van der Waals surface area (Å²) in [6.07, 6.45) is 0. The van der Waals surface area contributed by atoms with Gasteiger partial charge in [-0.05, 0) is 18.1 Å². The van der Waals surface area contributed by atoms with Crippen LogP contribution in [0.1, 0.15) is 6.92 Å². The molecule has 1 heterocycles. The Morgan fingerprint density at radius 1 is 1.31 bits per heavy atom. The van der Waals surface area contributed by atoms with Crippen molar-refractivity contribution in [3.05, 3.63) is 30.3 Å². The number of para-hydroxylation sites is 1. The van der Waals surface area contributed by atoms with E-state index in [1.807, 2.05) is 6.07 Å². The molecule has 1 unspecified atom stereocenters. The Labute approximate surface area is 85.3 Å². The standard InChI is InChI=1S/C10H14N2.ClH/c1-9-7-11-12(8-9)10-5-3-2-4-6-10;/h2-6,9,11H,7-8H2,1H3;1H. The van der Waals surface area contributed by atoms with Crippen molar-refractivity contribution in [1.29, 1.82) is 0 Å². The van der Waals surface area contributed by atoms with E-state index in [1.54, 1.807) is 0 Å². The molecular weight excluding hydrogens is 184 g/mol. The highest BCUT2D eigenvalue weighted by Crippen LogP contribution is 2.16. The van der Waals surface area contributed by atoms with Crippen molar-refractivity contribution in [1.82, 2.24) is 5.43 Å². The minimum Gasteiger partial charge on any atom is -0.308 e. The van der Waals surface area contributed by atoms with Crippen molar-refractivity contribution in [2.75, 3.05) is 18.1 Å². The summed E-state index contributed by atoms with van der Waals surface area (Å²) in [5.41, 5.74) is 4.62. The molecule has 13 heavy (non-hydrogen) atoms. The molecule has 2 rings (SSSR count). The second-order valence-corrected chi connectivity index (χ2v) is 3.41. The second kappa shape index (κ2) is 4.49. The Morgan fingerprint density at radius 2 is 2.00 bits per heavy atom. The number of nitrogens with one attached hydrogen (secondary N) is 1. The van der Waals surface area contributed by atoms with Gasteiger partial charge < -0.3 is 5.01 Å². The van der Waals surface area contributed by atoms with Crippen LogP contribution in [0.25, 0.3) is 0 Å². The van der Waals surface area contributed by atoms with E-state index in [0.29, 0.717) is 0 Å². The highest BCUT2D eigenvalue weighted by atomic mass is 35.5. The molecule has 0 radical (unpaired) electrons. The normalized spacial score (nSPS) is 21.3. The molecule has 1 N–H and O–H groups in total. The van der Waals surface area contributed by atoms with Gasteiger partial charge in [-0.2, -0.15) is 0 Å². The van der Waals surface area contributed by atoms with Crippen LogP contribution in [-0.2, 0) is 0 Å². The lowest BCUT2D eigenvalue weighted by atomic mass is 10.2. The minimum atomic E-state index is 0. The van der Waals surface area contributed by atoms with Gasteiger partial charge in [0.15, 0.2) is 0 Å². The van der Waals surface area contributed by atoms with Gasteiger partial charge in [0.1, 0.15) is 0 Å². The zero-order valence-corrected chi connectivity index (χ0v) is 8.55. The molecule has 3 heteroatoms. The number of rotatable bonds is 1. The van der Waals surface area contributed by atoms with Gasteiger partial charge in [-0.1, -0.05) is 25.1 Å². The van der Waals surface area contributed by atoms with E-state index in [9.17, 15) is 0 Å². The highest BCUT2D eigenvalue weighted by molar-refractivity contribution is 5.85. The molecule has 2 nitrogen and oxygen atoms in total. The summed E-state index contributed by atoms with van der Waals surface area (Å²) in [6, 6.07) is 10.4. The first-order valence-electron chi connectivity index (χ1n) is 4.42. The molecule has 1 aromatic rings. The molecule has 0 amide bonds. The zero-order chi connectivity index (χ0) is 8.39. The lowest BCUT2D eigenvalue weighted by Crippen LogP contribution is -2.30.